The van der Waals surface area contributed by atoms with Gasteiger partial charge in [-0.15, -0.1) is 0 Å². The Bertz CT molecular complexity index is 285. The molecular weight excluding hydrogens is 234 g/mol. The second-order valence-electron chi connectivity index (χ2n) is 4.87. The highest BCUT2D eigenvalue weighted by atomic mass is 16.5. The molecule has 0 spiro atoms. The lowest BCUT2D eigenvalue weighted by molar-refractivity contribution is -0.148. The minimum atomic E-state index is -0.783. The van der Waals surface area contributed by atoms with Gasteiger partial charge < -0.3 is 15.2 Å². The quantitative estimate of drug-likeness (QED) is 0.647. The monoisotopic (exact) mass is 257 g/mol. The number of amides is 1. The van der Waals surface area contributed by atoms with Crippen LogP contribution in [0.5, 0.6) is 0 Å². The molecule has 0 heterocycles. The molecule has 1 fully saturated rings. The molecule has 104 valence electrons. The maximum Gasteiger partial charge on any atom is 0.311 e. The molecule has 0 bridgehead atoms. The molecule has 1 amide bonds. The third-order valence-corrected chi connectivity index (χ3v) is 3.53. The number of aliphatic carboxylic acids is 1. The van der Waals surface area contributed by atoms with E-state index < -0.39 is 11.4 Å². The first kappa shape index (κ1) is 15.0. The van der Waals surface area contributed by atoms with Crippen LogP contribution in [-0.2, 0) is 14.3 Å². The van der Waals surface area contributed by atoms with Crippen LogP contribution in [0.2, 0.25) is 0 Å². The molecule has 18 heavy (non-hydrogen) atoms. The van der Waals surface area contributed by atoms with Gasteiger partial charge in [0.05, 0.1) is 5.41 Å². The smallest absolute Gasteiger partial charge is 0.311 e. The molecule has 0 aliphatic heterocycles. The number of ether oxygens (including phenoxy) is 1. The average molecular weight is 257 g/mol. The van der Waals surface area contributed by atoms with Crippen molar-refractivity contribution in [2.75, 3.05) is 19.8 Å². The van der Waals surface area contributed by atoms with Crippen LogP contribution in [-0.4, -0.2) is 36.7 Å². The van der Waals surface area contributed by atoms with E-state index in [0.29, 0.717) is 38.9 Å². The van der Waals surface area contributed by atoms with E-state index in [2.05, 4.69) is 5.32 Å². The highest BCUT2D eigenvalue weighted by Crippen LogP contribution is 2.37. The number of carboxylic acid groups (broad SMARTS) is 1. The minimum absolute atomic E-state index is 0.0813. The first-order valence-electron chi connectivity index (χ1n) is 6.68. The highest BCUT2D eigenvalue weighted by molar-refractivity contribution is 5.79. The fraction of sp³-hybridized carbons (Fsp3) is 0.846. The number of hydrogen-bond donors (Lipinski definition) is 2. The molecule has 0 aromatic carbocycles. The van der Waals surface area contributed by atoms with Crippen molar-refractivity contribution < 1.29 is 19.4 Å². The summed E-state index contributed by atoms with van der Waals surface area (Å²) in [5, 5.41) is 12.0. The van der Waals surface area contributed by atoms with Crippen molar-refractivity contribution >= 4 is 11.9 Å². The van der Waals surface area contributed by atoms with Gasteiger partial charge in [0.15, 0.2) is 0 Å². The van der Waals surface area contributed by atoms with E-state index in [0.717, 1.165) is 12.8 Å². The third-order valence-electron chi connectivity index (χ3n) is 3.53. The van der Waals surface area contributed by atoms with Crippen LogP contribution in [0.4, 0.5) is 0 Å². The van der Waals surface area contributed by atoms with E-state index in [-0.39, 0.29) is 12.5 Å². The second-order valence-corrected chi connectivity index (χ2v) is 4.87. The summed E-state index contributed by atoms with van der Waals surface area (Å²) in [6.07, 6.45) is 4.29. The number of rotatable bonds is 8. The first-order chi connectivity index (χ1) is 8.60. The van der Waals surface area contributed by atoms with E-state index in [4.69, 9.17) is 4.74 Å². The summed E-state index contributed by atoms with van der Waals surface area (Å²) in [7, 11) is 0. The van der Waals surface area contributed by atoms with Gasteiger partial charge in [-0.05, 0) is 26.2 Å². The molecule has 5 nitrogen and oxygen atoms in total. The van der Waals surface area contributed by atoms with E-state index in [1.807, 2.05) is 6.92 Å². The zero-order valence-electron chi connectivity index (χ0n) is 11.0. The summed E-state index contributed by atoms with van der Waals surface area (Å²) >= 11 is 0. The van der Waals surface area contributed by atoms with E-state index in [1.54, 1.807) is 0 Å². The van der Waals surface area contributed by atoms with E-state index in [1.165, 1.54) is 0 Å². The Morgan fingerprint density at radius 2 is 2.00 bits per heavy atom. The van der Waals surface area contributed by atoms with Crippen molar-refractivity contribution in [3.63, 3.8) is 0 Å². The molecule has 1 saturated carbocycles. The molecule has 0 aromatic rings. The largest absolute Gasteiger partial charge is 0.481 e. The predicted octanol–water partition coefficient (Wildman–Crippen LogP) is 1.56. The van der Waals surface area contributed by atoms with Crippen molar-refractivity contribution in [2.45, 2.75) is 45.4 Å². The molecule has 5 heteroatoms. The predicted molar refractivity (Wildman–Crippen MR) is 67.3 cm³/mol. The maximum atomic E-state index is 11.6. The van der Waals surface area contributed by atoms with Gasteiger partial charge in [-0.25, -0.2) is 0 Å². The normalized spacial score (nSPS) is 17.6. The zero-order chi connectivity index (χ0) is 13.4. The summed E-state index contributed by atoms with van der Waals surface area (Å²) in [6.45, 7) is 3.41. The van der Waals surface area contributed by atoms with Gasteiger partial charge in [-0.1, -0.05) is 12.8 Å². The Kier molecular flexibility index (Phi) is 6.12. The van der Waals surface area contributed by atoms with Gasteiger partial charge in [0.25, 0.3) is 0 Å². The van der Waals surface area contributed by atoms with Crippen LogP contribution in [0, 0.1) is 5.41 Å². The minimum Gasteiger partial charge on any atom is -0.481 e. The molecule has 0 radical (unpaired) electrons. The fourth-order valence-corrected chi connectivity index (χ4v) is 2.35. The number of hydrogen-bond acceptors (Lipinski definition) is 3. The second kappa shape index (κ2) is 7.36. The molecule has 2 N–H and O–H groups in total. The van der Waals surface area contributed by atoms with Crippen molar-refractivity contribution in [3.05, 3.63) is 0 Å². The molecule has 0 atom stereocenters. The molecular formula is C13H23NO4. The lowest BCUT2D eigenvalue weighted by Gasteiger charge is -2.23. The van der Waals surface area contributed by atoms with E-state index in [9.17, 15) is 14.7 Å². The van der Waals surface area contributed by atoms with Gasteiger partial charge in [0.1, 0.15) is 0 Å². The van der Waals surface area contributed by atoms with Gasteiger partial charge in [-0.2, -0.15) is 0 Å². The van der Waals surface area contributed by atoms with Crippen molar-refractivity contribution in [1.29, 1.82) is 0 Å². The Balaban J connectivity index is 2.26. The fourth-order valence-electron chi connectivity index (χ4n) is 2.35. The van der Waals surface area contributed by atoms with Gasteiger partial charge in [0.2, 0.25) is 5.91 Å². The van der Waals surface area contributed by atoms with Crippen molar-refractivity contribution in [2.24, 2.45) is 5.41 Å². The molecule has 0 unspecified atom stereocenters. The van der Waals surface area contributed by atoms with Crippen LogP contribution in [0.1, 0.15) is 45.4 Å². The standard InChI is InChI=1S/C13H23NO4/c1-2-18-9-5-6-11(15)14-10-13(12(16)17)7-3-4-8-13/h2-10H2,1H3,(H,14,15)(H,16,17). The Labute approximate surface area is 108 Å². The lowest BCUT2D eigenvalue weighted by Crippen LogP contribution is -2.41. The summed E-state index contributed by atoms with van der Waals surface area (Å²) in [5.74, 6) is -0.864. The van der Waals surface area contributed by atoms with Crippen molar-refractivity contribution in [3.8, 4) is 0 Å². The van der Waals surface area contributed by atoms with E-state index >= 15 is 0 Å². The molecule has 0 saturated heterocycles. The SMILES string of the molecule is CCOCCCC(=O)NCC1(C(=O)O)CCCC1. The third kappa shape index (κ3) is 4.29. The average Bonchev–Trinajstić information content (AvgIpc) is 2.82. The summed E-state index contributed by atoms with van der Waals surface area (Å²) < 4.78 is 5.15. The topological polar surface area (TPSA) is 75.6 Å². The number of carboxylic acids is 1. The Morgan fingerprint density at radius 1 is 1.33 bits per heavy atom. The number of nitrogens with one attached hydrogen (secondary N) is 1. The summed E-state index contributed by atoms with van der Waals surface area (Å²) in [4.78, 5) is 22.8. The molecule has 0 aromatic heterocycles. The number of carbonyl (C=O) groups is 2. The van der Waals surface area contributed by atoms with Gasteiger partial charge in [-0.3, -0.25) is 9.59 Å². The number of carbonyl (C=O) groups excluding carboxylic acids is 1. The van der Waals surface area contributed by atoms with Crippen molar-refractivity contribution in [1.82, 2.24) is 5.32 Å². The molecule has 1 rings (SSSR count). The van der Waals surface area contributed by atoms with Gasteiger partial charge in [0, 0.05) is 26.2 Å². The van der Waals surface area contributed by atoms with Crippen LogP contribution in [0.15, 0.2) is 0 Å². The van der Waals surface area contributed by atoms with Crippen LogP contribution >= 0.6 is 0 Å². The highest BCUT2D eigenvalue weighted by Gasteiger charge is 2.41. The first-order valence-corrected chi connectivity index (χ1v) is 6.68. The summed E-state index contributed by atoms with van der Waals surface area (Å²) in [5.41, 5.74) is -0.727. The van der Waals surface area contributed by atoms with Crippen LogP contribution in [0.3, 0.4) is 0 Å². The molecule has 1 aliphatic rings. The summed E-state index contributed by atoms with van der Waals surface area (Å²) in [6, 6.07) is 0. The Morgan fingerprint density at radius 3 is 2.56 bits per heavy atom. The Hall–Kier alpha value is -1.10. The maximum absolute atomic E-state index is 11.6. The molecule has 1 aliphatic carbocycles. The van der Waals surface area contributed by atoms with Crippen LogP contribution < -0.4 is 5.32 Å². The lowest BCUT2D eigenvalue weighted by atomic mass is 9.86. The van der Waals surface area contributed by atoms with Crippen LogP contribution in [0.25, 0.3) is 0 Å². The zero-order valence-corrected chi connectivity index (χ0v) is 11.0. The van der Waals surface area contributed by atoms with Gasteiger partial charge >= 0.3 is 5.97 Å².